The van der Waals surface area contributed by atoms with E-state index in [1.54, 1.807) is 0 Å². The molecule has 306 valence electrons. The summed E-state index contributed by atoms with van der Waals surface area (Å²) in [5, 5.41) is 8.86. The first-order chi connectivity index (χ1) is 25.2. The number of carbonyl (C=O) groups is 2. The van der Waals surface area contributed by atoms with E-state index >= 15 is 0 Å². The van der Waals surface area contributed by atoms with Crippen molar-refractivity contribution in [3.05, 3.63) is 24.3 Å². The highest BCUT2D eigenvalue weighted by Gasteiger charge is 2.27. The number of rotatable bonds is 40. The first-order valence-electron chi connectivity index (χ1n) is 20.9. The van der Waals surface area contributed by atoms with E-state index in [2.05, 4.69) is 42.7 Å². The normalized spacial score (nSPS) is 14.2. The monoisotopic (exact) mass is 760 g/mol. The standard InChI is InChI=1S/C41H78NO9P/c1-3-5-7-9-11-13-14-15-16-17-18-19-20-21-22-23-24-25-26-28-30-32-34-48-35-38(36-49-52(46,47)50-37-39(42)41(44)45)51-40(43)33-31-29-27-12-10-8-6-4-2/h14-15,17-18,38-39H,3-13,16,19-37,42H2,1-2H3,(H,44,45)(H,46,47)/b15-14-,18-17-. The SMILES string of the molecule is CCCCCCC/C=C\C/C=C\CCCCCCCCCCCCOCC(COP(=O)(O)OCC(N)C(=O)O)OC(=O)CCCCCCCCCC. The lowest BCUT2D eigenvalue weighted by Crippen LogP contribution is -2.34. The molecule has 0 rings (SSSR count). The highest BCUT2D eigenvalue weighted by molar-refractivity contribution is 7.47. The Balaban J connectivity index is 4.09. The molecule has 0 heterocycles. The van der Waals surface area contributed by atoms with Crippen LogP contribution in [0.2, 0.25) is 0 Å². The van der Waals surface area contributed by atoms with Crippen molar-refractivity contribution >= 4 is 19.8 Å². The summed E-state index contributed by atoms with van der Waals surface area (Å²) in [7, 11) is -4.60. The number of hydrogen-bond acceptors (Lipinski definition) is 8. The lowest BCUT2D eigenvalue weighted by Gasteiger charge is -2.20. The van der Waals surface area contributed by atoms with Crippen LogP contribution in [0.1, 0.15) is 187 Å². The average Bonchev–Trinajstić information content (AvgIpc) is 3.12. The quantitative estimate of drug-likeness (QED) is 0.0238. The average molecular weight is 760 g/mol. The van der Waals surface area contributed by atoms with Gasteiger partial charge in [-0.1, -0.05) is 160 Å². The summed E-state index contributed by atoms with van der Waals surface area (Å²) in [4.78, 5) is 33.3. The van der Waals surface area contributed by atoms with Gasteiger partial charge in [0, 0.05) is 13.0 Å². The van der Waals surface area contributed by atoms with Crippen LogP contribution in [0.5, 0.6) is 0 Å². The maximum atomic E-state index is 12.5. The summed E-state index contributed by atoms with van der Waals surface area (Å²) < 4.78 is 33.2. The van der Waals surface area contributed by atoms with Crippen LogP contribution in [0.4, 0.5) is 0 Å². The predicted molar refractivity (Wildman–Crippen MR) is 212 cm³/mol. The number of carboxylic acid groups (broad SMARTS) is 1. The van der Waals surface area contributed by atoms with Gasteiger partial charge in [-0.05, 0) is 44.9 Å². The topological polar surface area (TPSA) is 155 Å². The van der Waals surface area contributed by atoms with Gasteiger partial charge in [0.1, 0.15) is 12.1 Å². The molecule has 4 N–H and O–H groups in total. The number of carboxylic acids is 1. The van der Waals surface area contributed by atoms with Gasteiger partial charge in [-0.15, -0.1) is 0 Å². The van der Waals surface area contributed by atoms with Crippen molar-refractivity contribution < 1.29 is 42.7 Å². The largest absolute Gasteiger partial charge is 0.480 e. The van der Waals surface area contributed by atoms with E-state index in [-0.39, 0.29) is 13.0 Å². The number of aliphatic carboxylic acids is 1. The first kappa shape index (κ1) is 50.5. The van der Waals surface area contributed by atoms with Crippen LogP contribution in [0, 0.1) is 0 Å². The molecule has 3 atom stereocenters. The minimum Gasteiger partial charge on any atom is -0.480 e. The Morgan fingerprint density at radius 2 is 1.06 bits per heavy atom. The summed E-state index contributed by atoms with van der Waals surface area (Å²) in [5.41, 5.74) is 5.34. The van der Waals surface area contributed by atoms with Crippen molar-refractivity contribution in [2.75, 3.05) is 26.4 Å². The fourth-order valence-corrected chi connectivity index (χ4v) is 6.47. The number of carbonyl (C=O) groups excluding carboxylic acids is 1. The first-order valence-corrected chi connectivity index (χ1v) is 22.4. The number of hydrogen-bond donors (Lipinski definition) is 3. The predicted octanol–water partition coefficient (Wildman–Crippen LogP) is 11.1. The van der Waals surface area contributed by atoms with Gasteiger partial charge in [-0.2, -0.15) is 0 Å². The van der Waals surface area contributed by atoms with Crippen molar-refractivity contribution in [3.8, 4) is 0 Å². The fourth-order valence-electron chi connectivity index (χ4n) is 5.69. The molecule has 0 fully saturated rings. The number of nitrogens with two attached hydrogens (primary N) is 1. The van der Waals surface area contributed by atoms with Gasteiger partial charge in [0.2, 0.25) is 0 Å². The zero-order valence-corrected chi connectivity index (χ0v) is 34.1. The zero-order valence-electron chi connectivity index (χ0n) is 33.2. The molecule has 3 unspecified atom stereocenters. The Morgan fingerprint density at radius 1 is 0.615 bits per heavy atom. The number of ether oxygens (including phenoxy) is 2. The van der Waals surface area contributed by atoms with Gasteiger partial charge < -0.3 is 25.2 Å². The Kier molecular flexibility index (Phi) is 36.6. The molecule has 0 aromatic heterocycles. The van der Waals surface area contributed by atoms with Gasteiger partial charge in [0.15, 0.2) is 0 Å². The lowest BCUT2D eigenvalue weighted by molar-refractivity contribution is -0.154. The van der Waals surface area contributed by atoms with Crippen molar-refractivity contribution in [1.29, 1.82) is 0 Å². The van der Waals surface area contributed by atoms with Gasteiger partial charge in [-0.25, -0.2) is 4.57 Å². The molecular weight excluding hydrogens is 681 g/mol. The summed E-state index contributed by atoms with van der Waals surface area (Å²) in [6, 6.07) is -1.47. The highest BCUT2D eigenvalue weighted by Crippen LogP contribution is 2.43. The second-order valence-electron chi connectivity index (χ2n) is 14.1. The number of phosphoric ester groups is 1. The summed E-state index contributed by atoms with van der Waals surface area (Å²) in [6.45, 7) is 3.83. The summed E-state index contributed by atoms with van der Waals surface area (Å²) in [5.74, 6) is -1.78. The molecule has 11 heteroatoms. The third kappa shape index (κ3) is 36.8. The number of allylic oxidation sites excluding steroid dienone is 4. The van der Waals surface area contributed by atoms with Crippen LogP contribution in [-0.2, 0) is 32.7 Å². The zero-order chi connectivity index (χ0) is 38.4. The van der Waals surface area contributed by atoms with E-state index in [1.165, 1.54) is 116 Å². The molecule has 0 radical (unpaired) electrons. The molecule has 0 aliphatic carbocycles. The Bertz CT molecular complexity index is 930. The van der Waals surface area contributed by atoms with E-state index in [0.29, 0.717) is 13.0 Å². The molecule has 0 amide bonds. The van der Waals surface area contributed by atoms with Crippen LogP contribution in [-0.4, -0.2) is 60.5 Å². The van der Waals surface area contributed by atoms with E-state index < -0.39 is 45.1 Å². The molecular formula is C41H78NO9P. The molecule has 0 bridgehead atoms. The maximum absolute atomic E-state index is 12.5. The van der Waals surface area contributed by atoms with Crippen molar-refractivity contribution in [2.24, 2.45) is 5.73 Å². The van der Waals surface area contributed by atoms with E-state index in [0.717, 1.165) is 44.9 Å². The van der Waals surface area contributed by atoms with Crippen molar-refractivity contribution in [2.45, 2.75) is 199 Å². The van der Waals surface area contributed by atoms with Crippen molar-refractivity contribution in [1.82, 2.24) is 0 Å². The Hall–Kier alpha value is -1.55. The van der Waals surface area contributed by atoms with Gasteiger partial charge in [-0.3, -0.25) is 18.6 Å². The fraction of sp³-hybridized carbons (Fsp3) is 0.854. The third-order valence-corrected chi connectivity index (χ3v) is 9.93. The molecule has 10 nitrogen and oxygen atoms in total. The molecule has 52 heavy (non-hydrogen) atoms. The summed E-state index contributed by atoms with van der Waals surface area (Å²) in [6.07, 6.45) is 39.6. The second kappa shape index (κ2) is 37.8. The number of unbranched alkanes of at least 4 members (excludes halogenated alkanes) is 22. The molecule has 0 aliphatic rings. The highest BCUT2D eigenvalue weighted by atomic mass is 31.2. The molecule has 0 saturated heterocycles. The van der Waals surface area contributed by atoms with Gasteiger partial charge >= 0.3 is 19.8 Å². The summed E-state index contributed by atoms with van der Waals surface area (Å²) >= 11 is 0. The minimum atomic E-state index is -4.60. The molecule has 0 aromatic rings. The smallest absolute Gasteiger partial charge is 0.472 e. The third-order valence-electron chi connectivity index (χ3n) is 8.98. The van der Waals surface area contributed by atoms with Crippen LogP contribution < -0.4 is 5.73 Å². The van der Waals surface area contributed by atoms with Gasteiger partial charge in [0.25, 0.3) is 0 Å². The van der Waals surface area contributed by atoms with Gasteiger partial charge in [0.05, 0.1) is 19.8 Å². The Labute approximate surface area is 317 Å². The van der Waals surface area contributed by atoms with Crippen LogP contribution in [0.15, 0.2) is 24.3 Å². The molecule has 0 aromatic carbocycles. The van der Waals surface area contributed by atoms with Crippen LogP contribution in [0.3, 0.4) is 0 Å². The number of esters is 1. The minimum absolute atomic E-state index is 0.0178. The van der Waals surface area contributed by atoms with E-state index in [1.807, 2.05) is 0 Å². The van der Waals surface area contributed by atoms with Crippen LogP contribution >= 0.6 is 7.82 Å². The van der Waals surface area contributed by atoms with E-state index in [4.69, 9.17) is 24.8 Å². The van der Waals surface area contributed by atoms with Crippen molar-refractivity contribution in [3.63, 3.8) is 0 Å². The lowest BCUT2D eigenvalue weighted by atomic mass is 10.1. The maximum Gasteiger partial charge on any atom is 0.472 e. The number of phosphoric acid groups is 1. The Morgan fingerprint density at radius 3 is 1.56 bits per heavy atom. The molecule has 0 spiro atoms. The van der Waals surface area contributed by atoms with Crippen LogP contribution in [0.25, 0.3) is 0 Å². The second-order valence-corrected chi connectivity index (χ2v) is 15.6. The molecule has 0 saturated carbocycles. The molecule has 0 aliphatic heterocycles. The van der Waals surface area contributed by atoms with E-state index in [9.17, 15) is 19.0 Å².